The molecule has 0 aliphatic heterocycles. The number of benzene rings is 2. The first-order valence-electron chi connectivity index (χ1n) is 10.1. The summed E-state index contributed by atoms with van der Waals surface area (Å²) in [6.07, 6.45) is 8.52. The molecule has 0 saturated heterocycles. The fraction of sp³-hybridized carbons (Fsp3) is 0.500. The van der Waals surface area contributed by atoms with Crippen molar-refractivity contribution in [3.63, 3.8) is 0 Å². The molecule has 2 N–H and O–H groups in total. The third-order valence-corrected chi connectivity index (χ3v) is 6.56. The predicted molar refractivity (Wildman–Crippen MR) is 108 cm³/mol. The minimum absolute atomic E-state index is 0.410. The Morgan fingerprint density at radius 1 is 1.04 bits per heavy atom. The molecule has 26 heavy (non-hydrogen) atoms. The third-order valence-electron chi connectivity index (χ3n) is 6.56. The number of nitrogens with two attached hydrogens (primary N) is 1. The van der Waals surface area contributed by atoms with Crippen LogP contribution in [0.5, 0.6) is 5.75 Å². The van der Waals surface area contributed by atoms with Crippen molar-refractivity contribution in [1.29, 1.82) is 0 Å². The summed E-state index contributed by atoms with van der Waals surface area (Å²) in [5, 5.41) is 0. The minimum atomic E-state index is 0.410. The Morgan fingerprint density at radius 2 is 1.92 bits per heavy atom. The molecule has 0 aromatic heterocycles. The van der Waals surface area contributed by atoms with Crippen molar-refractivity contribution in [3.05, 3.63) is 64.2 Å². The number of ether oxygens (including phenoxy) is 1. The lowest BCUT2D eigenvalue weighted by Crippen LogP contribution is -2.17. The maximum Gasteiger partial charge on any atom is 0.119 e. The lowest BCUT2D eigenvalue weighted by Gasteiger charge is -2.26. The molecule has 2 heteroatoms. The van der Waals surface area contributed by atoms with E-state index in [9.17, 15) is 0 Å². The van der Waals surface area contributed by atoms with Gasteiger partial charge in [-0.05, 0) is 104 Å². The van der Waals surface area contributed by atoms with Gasteiger partial charge < -0.3 is 10.5 Å². The van der Waals surface area contributed by atoms with Gasteiger partial charge in [-0.2, -0.15) is 0 Å². The van der Waals surface area contributed by atoms with Gasteiger partial charge >= 0.3 is 0 Å². The first-order valence-corrected chi connectivity index (χ1v) is 10.1. The Hall–Kier alpha value is -1.80. The Balaban J connectivity index is 1.45. The van der Waals surface area contributed by atoms with Gasteiger partial charge in [-0.15, -0.1) is 0 Å². The van der Waals surface area contributed by atoms with Crippen molar-refractivity contribution in [3.8, 4) is 5.75 Å². The van der Waals surface area contributed by atoms with Crippen LogP contribution in [0.15, 0.2) is 36.4 Å². The highest BCUT2D eigenvalue weighted by molar-refractivity contribution is 5.38. The Morgan fingerprint density at radius 3 is 2.65 bits per heavy atom. The molecule has 2 aromatic carbocycles. The zero-order valence-electron chi connectivity index (χ0n) is 16.1. The summed E-state index contributed by atoms with van der Waals surface area (Å²) >= 11 is 0. The molecule has 2 aromatic rings. The molecule has 0 amide bonds. The summed E-state index contributed by atoms with van der Waals surface area (Å²) in [5.74, 6) is 2.40. The standard InChI is InChI=1S/C24H31NO/c1-16-11-24(26-2)10-8-18(16)12-17-3-4-20-14-21(6-5-19(20)13-17)22-7-9-23(25)15-22/h5-6,8,10-11,14,17,22-23H,3-4,7,9,12-13,15,25H2,1-2H3/t17?,22-,23?/m0/s1. The number of fused-ring (bicyclic) bond motifs is 1. The van der Waals surface area contributed by atoms with Gasteiger partial charge in [-0.3, -0.25) is 0 Å². The van der Waals surface area contributed by atoms with E-state index in [0.29, 0.717) is 12.0 Å². The van der Waals surface area contributed by atoms with Gasteiger partial charge in [0, 0.05) is 6.04 Å². The molecule has 2 nitrogen and oxygen atoms in total. The topological polar surface area (TPSA) is 35.2 Å². The molecule has 0 spiro atoms. The predicted octanol–water partition coefficient (Wildman–Crippen LogP) is 4.95. The summed E-state index contributed by atoms with van der Waals surface area (Å²) in [6, 6.07) is 14.2. The number of rotatable bonds is 4. The van der Waals surface area contributed by atoms with Gasteiger partial charge in [-0.1, -0.05) is 24.3 Å². The van der Waals surface area contributed by atoms with Crippen LogP contribution < -0.4 is 10.5 Å². The lowest BCUT2D eigenvalue weighted by atomic mass is 9.79. The highest BCUT2D eigenvalue weighted by Crippen LogP contribution is 2.36. The maximum atomic E-state index is 6.11. The van der Waals surface area contributed by atoms with Crippen molar-refractivity contribution in [1.82, 2.24) is 0 Å². The zero-order chi connectivity index (χ0) is 18.1. The highest BCUT2D eigenvalue weighted by Gasteiger charge is 2.25. The van der Waals surface area contributed by atoms with E-state index < -0.39 is 0 Å². The van der Waals surface area contributed by atoms with Crippen LogP contribution in [-0.2, 0) is 19.3 Å². The molecule has 1 fully saturated rings. The SMILES string of the molecule is COc1ccc(CC2CCc3cc([C@H]4CCC(N)C4)ccc3C2)c(C)c1. The molecule has 4 rings (SSSR count). The van der Waals surface area contributed by atoms with E-state index in [1.165, 1.54) is 55.2 Å². The van der Waals surface area contributed by atoms with Gasteiger partial charge in [0.1, 0.15) is 5.75 Å². The van der Waals surface area contributed by atoms with Gasteiger partial charge in [0.25, 0.3) is 0 Å². The van der Waals surface area contributed by atoms with Gasteiger partial charge in [0.2, 0.25) is 0 Å². The van der Waals surface area contributed by atoms with E-state index in [-0.39, 0.29) is 0 Å². The van der Waals surface area contributed by atoms with Gasteiger partial charge in [0.15, 0.2) is 0 Å². The molecule has 3 atom stereocenters. The fourth-order valence-corrected chi connectivity index (χ4v) is 4.93. The van der Waals surface area contributed by atoms with E-state index in [1.807, 2.05) is 0 Å². The van der Waals surface area contributed by atoms with Crippen LogP contribution in [0.4, 0.5) is 0 Å². The fourth-order valence-electron chi connectivity index (χ4n) is 4.93. The molecule has 0 bridgehead atoms. The molecule has 1 saturated carbocycles. The molecule has 138 valence electrons. The summed E-state index contributed by atoms with van der Waals surface area (Å²) in [6.45, 7) is 2.20. The van der Waals surface area contributed by atoms with Crippen LogP contribution in [0, 0.1) is 12.8 Å². The van der Waals surface area contributed by atoms with Crippen molar-refractivity contribution >= 4 is 0 Å². The number of methoxy groups -OCH3 is 1. The Bertz CT molecular complexity index is 782. The second kappa shape index (κ2) is 7.44. The normalized spacial score (nSPS) is 25.1. The summed E-state index contributed by atoms with van der Waals surface area (Å²) in [7, 11) is 1.74. The van der Waals surface area contributed by atoms with E-state index in [2.05, 4.69) is 43.3 Å². The quantitative estimate of drug-likeness (QED) is 0.848. The van der Waals surface area contributed by atoms with Crippen LogP contribution in [0.25, 0.3) is 0 Å². The maximum absolute atomic E-state index is 6.11. The Kier molecular flexibility index (Phi) is 5.04. The lowest BCUT2D eigenvalue weighted by molar-refractivity contribution is 0.413. The molecule has 2 aliphatic rings. The van der Waals surface area contributed by atoms with E-state index in [4.69, 9.17) is 10.5 Å². The third kappa shape index (κ3) is 3.66. The number of hydrogen-bond donors (Lipinski definition) is 1. The van der Waals surface area contributed by atoms with Crippen LogP contribution in [0.3, 0.4) is 0 Å². The van der Waals surface area contributed by atoms with Crippen LogP contribution in [0.2, 0.25) is 0 Å². The van der Waals surface area contributed by atoms with Crippen LogP contribution >= 0.6 is 0 Å². The summed E-state index contributed by atoms with van der Waals surface area (Å²) in [5.41, 5.74) is 13.6. The summed E-state index contributed by atoms with van der Waals surface area (Å²) in [4.78, 5) is 0. The molecular formula is C24H31NO. The van der Waals surface area contributed by atoms with Crippen molar-refractivity contribution in [2.24, 2.45) is 11.7 Å². The van der Waals surface area contributed by atoms with E-state index in [1.54, 1.807) is 18.2 Å². The molecule has 0 radical (unpaired) electrons. The number of aryl methyl sites for hydroxylation is 2. The average molecular weight is 350 g/mol. The monoisotopic (exact) mass is 349 g/mol. The van der Waals surface area contributed by atoms with Gasteiger partial charge in [-0.25, -0.2) is 0 Å². The first-order chi connectivity index (χ1) is 12.6. The second-order valence-corrected chi connectivity index (χ2v) is 8.40. The van der Waals surface area contributed by atoms with Gasteiger partial charge in [0.05, 0.1) is 7.11 Å². The van der Waals surface area contributed by atoms with E-state index >= 15 is 0 Å². The number of hydrogen-bond acceptors (Lipinski definition) is 2. The smallest absolute Gasteiger partial charge is 0.119 e. The van der Waals surface area contributed by atoms with Crippen molar-refractivity contribution < 1.29 is 4.74 Å². The molecule has 2 aliphatic carbocycles. The first kappa shape index (κ1) is 17.6. The zero-order valence-corrected chi connectivity index (χ0v) is 16.1. The summed E-state index contributed by atoms with van der Waals surface area (Å²) < 4.78 is 5.34. The average Bonchev–Trinajstić information content (AvgIpc) is 3.09. The largest absolute Gasteiger partial charge is 0.497 e. The van der Waals surface area contributed by atoms with Crippen LogP contribution in [0.1, 0.15) is 59.4 Å². The van der Waals surface area contributed by atoms with Crippen molar-refractivity contribution in [2.75, 3.05) is 7.11 Å². The van der Waals surface area contributed by atoms with Crippen molar-refractivity contribution in [2.45, 2.75) is 63.8 Å². The molecule has 2 unspecified atom stereocenters. The molecular weight excluding hydrogens is 318 g/mol. The molecule has 0 heterocycles. The Labute approximate surface area is 157 Å². The second-order valence-electron chi connectivity index (χ2n) is 8.40. The highest BCUT2D eigenvalue weighted by atomic mass is 16.5. The minimum Gasteiger partial charge on any atom is -0.497 e. The van der Waals surface area contributed by atoms with E-state index in [0.717, 1.165) is 18.1 Å². The van der Waals surface area contributed by atoms with Crippen LogP contribution in [-0.4, -0.2) is 13.2 Å².